The lowest BCUT2D eigenvalue weighted by Crippen LogP contribution is -2.32. The highest BCUT2D eigenvalue weighted by Gasteiger charge is 2.35. The van der Waals surface area contributed by atoms with Crippen LogP contribution in [0.15, 0.2) is 59.4 Å². The second-order valence-corrected chi connectivity index (χ2v) is 7.31. The van der Waals surface area contributed by atoms with Gasteiger partial charge in [0.25, 0.3) is 17.4 Å². The van der Waals surface area contributed by atoms with Crippen molar-refractivity contribution in [1.82, 2.24) is 14.9 Å². The molecule has 0 saturated carbocycles. The van der Waals surface area contributed by atoms with Crippen LogP contribution in [0.25, 0.3) is 0 Å². The van der Waals surface area contributed by atoms with Crippen LogP contribution in [0.5, 0.6) is 0 Å². The minimum absolute atomic E-state index is 0.0281. The summed E-state index contributed by atoms with van der Waals surface area (Å²) in [6.07, 6.45) is 3.09. The first kappa shape index (κ1) is 19.6. The van der Waals surface area contributed by atoms with Crippen molar-refractivity contribution in [1.29, 1.82) is 0 Å². The molecule has 2 heterocycles. The van der Waals surface area contributed by atoms with E-state index in [1.807, 2.05) is 18.2 Å². The summed E-state index contributed by atoms with van der Waals surface area (Å²) in [5.74, 6) is -0.794. The summed E-state index contributed by atoms with van der Waals surface area (Å²) in [4.78, 5) is 45.7. The highest BCUT2D eigenvalue weighted by atomic mass is 16.2. The van der Waals surface area contributed by atoms with Gasteiger partial charge in [0.2, 0.25) is 5.95 Å². The molecule has 3 N–H and O–H groups in total. The van der Waals surface area contributed by atoms with E-state index < -0.39 is 0 Å². The molecular formula is C23H22N4O3. The standard InChI is InChI=1S/C23H22N4O3/c24-23-25-19(14-27-21(29)16-11-6-7-12-17(16)22(27)30)18(20(28)26-23)13-5-4-10-15-8-2-1-3-9-15/h1-3,6-9,11-12H,4-5,10,13-14H2,(H3,24,25,26,28). The summed E-state index contributed by atoms with van der Waals surface area (Å²) in [6.45, 7) is -0.0749. The van der Waals surface area contributed by atoms with Crippen molar-refractivity contribution in [3.63, 3.8) is 0 Å². The quantitative estimate of drug-likeness (QED) is 0.466. The smallest absolute Gasteiger partial charge is 0.261 e. The number of benzene rings is 2. The van der Waals surface area contributed by atoms with Gasteiger partial charge in [0, 0.05) is 5.56 Å². The number of aromatic amines is 1. The maximum absolute atomic E-state index is 12.7. The van der Waals surface area contributed by atoms with Gasteiger partial charge in [0.15, 0.2) is 0 Å². The fourth-order valence-corrected chi connectivity index (χ4v) is 3.76. The molecule has 0 fully saturated rings. The van der Waals surface area contributed by atoms with Crippen LogP contribution in [0.1, 0.15) is 50.4 Å². The van der Waals surface area contributed by atoms with Gasteiger partial charge in [-0.15, -0.1) is 0 Å². The number of aryl methyl sites for hydroxylation is 1. The van der Waals surface area contributed by atoms with Gasteiger partial charge < -0.3 is 5.73 Å². The molecule has 0 atom stereocenters. The van der Waals surface area contributed by atoms with Crippen LogP contribution < -0.4 is 11.3 Å². The Morgan fingerprint density at radius 2 is 1.43 bits per heavy atom. The van der Waals surface area contributed by atoms with Crippen LogP contribution in [0.2, 0.25) is 0 Å². The predicted octanol–water partition coefficient (Wildman–Crippen LogP) is 2.71. The average molecular weight is 402 g/mol. The van der Waals surface area contributed by atoms with Crippen molar-refractivity contribution in [3.05, 3.63) is 92.9 Å². The van der Waals surface area contributed by atoms with Crippen molar-refractivity contribution in [2.75, 3.05) is 5.73 Å². The van der Waals surface area contributed by atoms with Gasteiger partial charge in [-0.1, -0.05) is 42.5 Å². The van der Waals surface area contributed by atoms with Crippen LogP contribution in [0, 0.1) is 0 Å². The maximum atomic E-state index is 12.7. The summed E-state index contributed by atoms with van der Waals surface area (Å²) in [5, 5.41) is 0. The average Bonchev–Trinajstić information content (AvgIpc) is 2.98. The highest BCUT2D eigenvalue weighted by Crippen LogP contribution is 2.24. The number of nitrogen functional groups attached to an aromatic ring is 1. The molecule has 0 bridgehead atoms. The first-order valence-corrected chi connectivity index (χ1v) is 9.91. The topological polar surface area (TPSA) is 109 Å². The molecule has 0 saturated heterocycles. The number of nitrogens with one attached hydrogen (secondary N) is 1. The maximum Gasteiger partial charge on any atom is 0.261 e. The molecule has 0 aliphatic carbocycles. The van der Waals surface area contributed by atoms with Crippen molar-refractivity contribution in [3.8, 4) is 0 Å². The third-order valence-electron chi connectivity index (χ3n) is 5.29. The van der Waals surface area contributed by atoms with E-state index in [2.05, 4.69) is 22.1 Å². The molecule has 4 rings (SSSR count). The zero-order valence-electron chi connectivity index (χ0n) is 16.4. The summed E-state index contributed by atoms with van der Waals surface area (Å²) in [5.41, 5.74) is 8.21. The number of hydrogen-bond donors (Lipinski definition) is 2. The number of fused-ring (bicyclic) bond motifs is 1. The molecule has 0 spiro atoms. The van der Waals surface area contributed by atoms with Crippen LogP contribution in [-0.2, 0) is 19.4 Å². The Kier molecular flexibility index (Phi) is 5.43. The number of unbranched alkanes of at least 4 members (excludes halogenated alkanes) is 1. The molecule has 152 valence electrons. The summed E-state index contributed by atoms with van der Waals surface area (Å²) in [7, 11) is 0. The van der Waals surface area contributed by atoms with Gasteiger partial charge in [-0.05, 0) is 43.4 Å². The number of nitrogens with two attached hydrogens (primary N) is 1. The number of nitrogens with zero attached hydrogens (tertiary/aromatic N) is 2. The Hall–Kier alpha value is -3.74. The number of amides is 2. The minimum Gasteiger partial charge on any atom is -0.369 e. The second-order valence-electron chi connectivity index (χ2n) is 7.31. The van der Waals surface area contributed by atoms with Crippen LogP contribution in [0.3, 0.4) is 0 Å². The Balaban J connectivity index is 1.50. The lowest BCUT2D eigenvalue weighted by molar-refractivity contribution is 0.0640. The van der Waals surface area contributed by atoms with Crippen LogP contribution >= 0.6 is 0 Å². The Bertz CT molecular complexity index is 1120. The molecule has 30 heavy (non-hydrogen) atoms. The molecule has 1 aromatic heterocycles. The number of carbonyl (C=O) groups excluding carboxylic acids is 2. The lowest BCUT2D eigenvalue weighted by Gasteiger charge is -2.16. The zero-order valence-corrected chi connectivity index (χ0v) is 16.4. The van der Waals surface area contributed by atoms with E-state index in [4.69, 9.17) is 5.73 Å². The van der Waals surface area contributed by atoms with Gasteiger partial charge in [-0.3, -0.25) is 24.3 Å². The first-order chi connectivity index (χ1) is 14.5. The largest absolute Gasteiger partial charge is 0.369 e. The summed E-state index contributed by atoms with van der Waals surface area (Å²) < 4.78 is 0. The SMILES string of the molecule is Nc1nc(CN2C(=O)c3ccccc3C2=O)c(CCCCc2ccccc2)c(=O)[nH]1. The predicted molar refractivity (Wildman–Crippen MR) is 113 cm³/mol. The number of hydrogen-bond acceptors (Lipinski definition) is 5. The van der Waals surface area contributed by atoms with E-state index in [0.29, 0.717) is 28.8 Å². The van der Waals surface area contributed by atoms with Gasteiger partial charge in [-0.2, -0.15) is 0 Å². The molecule has 1 aliphatic rings. The van der Waals surface area contributed by atoms with Crippen molar-refractivity contribution >= 4 is 17.8 Å². The fraction of sp³-hybridized carbons (Fsp3) is 0.217. The zero-order chi connectivity index (χ0) is 21.1. The van der Waals surface area contributed by atoms with Crippen molar-refractivity contribution < 1.29 is 9.59 Å². The molecule has 7 nitrogen and oxygen atoms in total. The fourth-order valence-electron chi connectivity index (χ4n) is 3.76. The Morgan fingerprint density at radius 1 is 0.833 bits per heavy atom. The van der Waals surface area contributed by atoms with E-state index in [9.17, 15) is 14.4 Å². The first-order valence-electron chi connectivity index (χ1n) is 9.91. The van der Waals surface area contributed by atoms with E-state index in [1.165, 1.54) is 5.56 Å². The summed E-state index contributed by atoms with van der Waals surface area (Å²) >= 11 is 0. The minimum atomic E-state index is -0.383. The number of carbonyl (C=O) groups is 2. The van der Waals surface area contributed by atoms with Crippen LogP contribution in [-0.4, -0.2) is 26.7 Å². The van der Waals surface area contributed by atoms with E-state index >= 15 is 0 Å². The Morgan fingerprint density at radius 3 is 2.10 bits per heavy atom. The lowest BCUT2D eigenvalue weighted by atomic mass is 10.0. The third-order valence-corrected chi connectivity index (χ3v) is 5.29. The van der Waals surface area contributed by atoms with Crippen LogP contribution in [0.4, 0.5) is 5.95 Å². The summed E-state index contributed by atoms with van der Waals surface area (Å²) in [6, 6.07) is 16.8. The van der Waals surface area contributed by atoms with E-state index in [0.717, 1.165) is 24.2 Å². The number of imide groups is 1. The molecule has 7 heteroatoms. The number of H-pyrrole nitrogens is 1. The molecule has 1 aliphatic heterocycles. The van der Waals surface area contributed by atoms with Crippen molar-refractivity contribution in [2.45, 2.75) is 32.2 Å². The second kappa shape index (κ2) is 8.32. The molecule has 0 radical (unpaired) electrons. The molecule has 0 unspecified atom stereocenters. The third kappa shape index (κ3) is 3.87. The number of anilines is 1. The highest BCUT2D eigenvalue weighted by molar-refractivity contribution is 6.21. The monoisotopic (exact) mass is 402 g/mol. The van der Waals surface area contributed by atoms with E-state index in [1.54, 1.807) is 24.3 Å². The number of aromatic nitrogens is 2. The normalized spacial score (nSPS) is 13.0. The van der Waals surface area contributed by atoms with Gasteiger partial charge in [0.05, 0.1) is 23.4 Å². The molecular weight excluding hydrogens is 380 g/mol. The number of rotatable bonds is 7. The Labute approximate surface area is 173 Å². The molecule has 3 aromatic rings. The van der Waals surface area contributed by atoms with Crippen molar-refractivity contribution in [2.24, 2.45) is 0 Å². The van der Waals surface area contributed by atoms with Gasteiger partial charge in [-0.25, -0.2) is 4.98 Å². The van der Waals surface area contributed by atoms with Gasteiger partial charge >= 0.3 is 0 Å². The van der Waals surface area contributed by atoms with E-state index in [-0.39, 0.29) is 29.9 Å². The van der Waals surface area contributed by atoms with Gasteiger partial charge in [0.1, 0.15) is 0 Å². The molecule has 2 amide bonds. The molecule has 2 aromatic carbocycles.